The van der Waals surface area contributed by atoms with E-state index in [0.717, 1.165) is 0 Å². The number of aliphatic carboxylic acids is 1. The lowest BCUT2D eigenvalue weighted by Gasteiger charge is -2.15. The van der Waals surface area contributed by atoms with Gasteiger partial charge in [0.15, 0.2) is 0 Å². The van der Waals surface area contributed by atoms with Gasteiger partial charge in [-0.05, 0) is 12.6 Å². The van der Waals surface area contributed by atoms with Crippen molar-refractivity contribution in [1.29, 1.82) is 0 Å². The van der Waals surface area contributed by atoms with Crippen LogP contribution in [0.2, 0.25) is 0 Å². The van der Waals surface area contributed by atoms with Gasteiger partial charge in [-0.3, -0.25) is 0 Å². The summed E-state index contributed by atoms with van der Waals surface area (Å²) in [5.41, 5.74) is 0.669. The average Bonchev–Trinajstić information content (AvgIpc) is 2.28. The Morgan fingerprint density at radius 1 is 1.15 bits per heavy atom. The van der Waals surface area contributed by atoms with Gasteiger partial charge in [-0.1, -0.05) is 30.3 Å². The topological polar surface area (TPSA) is 49.3 Å². The number of alkyl halides is 5. The number of nitrogens with one attached hydrogen (secondary N) is 1. The Kier molecular flexibility index (Phi) is 7.12. The molecule has 0 aliphatic rings. The monoisotopic (exact) mass is 299 g/mol. The molecular weight excluding hydrogens is 285 g/mol. The highest BCUT2D eigenvalue weighted by atomic mass is 19.4. The molecule has 0 aromatic heterocycles. The maximum absolute atomic E-state index is 13.0. The van der Waals surface area contributed by atoms with Gasteiger partial charge in [0.2, 0.25) is 0 Å². The van der Waals surface area contributed by atoms with Crippen molar-refractivity contribution in [3.05, 3.63) is 35.9 Å². The smallest absolute Gasteiger partial charge is 0.475 e. The summed E-state index contributed by atoms with van der Waals surface area (Å²) in [5.74, 6) is -5.41. The van der Waals surface area contributed by atoms with Crippen molar-refractivity contribution >= 4 is 5.97 Å². The first-order valence-corrected chi connectivity index (χ1v) is 5.45. The highest BCUT2D eigenvalue weighted by Crippen LogP contribution is 2.18. The van der Waals surface area contributed by atoms with Gasteiger partial charge < -0.3 is 10.4 Å². The van der Waals surface area contributed by atoms with Crippen LogP contribution in [0, 0.1) is 0 Å². The summed E-state index contributed by atoms with van der Waals surface area (Å²) in [6.45, 7) is -0.276. The summed E-state index contributed by atoms with van der Waals surface area (Å²) in [6, 6.07) is 8.78. The Labute approximate surface area is 112 Å². The van der Waals surface area contributed by atoms with E-state index in [2.05, 4.69) is 5.32 Å². The van der Waals surface area contributed by atoms with Gasteiger partial charge in [-0.2, -0.15) is 13.2 Å². The van der Waals surface area contributed by atoms with Crippen LogP contribution in [-0.2, 0) is 11.2 Å². The van der Waals surface area contributed by atoms with Crippen molar-refractivity contribution in [3.63, 3.8) is 0 Å². The Morgan fingerprint density at radius 3 is 1.95 bits per heavy atom. The van der Waals surface area contributed by atoms with Crippen molar-refractivity contribution in [2.24, 2.45) is 0 Å². The van der Waals surface area contributed by atoms with E-state index in [0.29, 0.717) is 5.56 Å². The second-order valence-electron chi connectivity index (χ2n) is 3.85. The Hall–Kier alpha value is -1.70. The molecule has 8 heteroatoms. The summed E-state index contributed by atoms with van der Waals surface area (Å²) < 4.78 is 57.8. The number of hydrogen-bond donors (Lipinski definition) is 2. The molecule has 0 saturated heterocycles. The SMILES string of the molecule is CNCC(F)(F)Cc1ccccc1.O=C(O)C(F)(F)F. The van der Waals surface area contributed by atoms with Crippen LogP contribution in [0.5, 0.6) is 0 Å². The number of rotatable bonds is 4. The molecule has 114 valence electrons. The maximum atomic E-state index is 13.0. The van der Waals surface area contributed by atoms with Crippen LogP contribution in [0.1, 0.15) is 5.56 Å². The van der Waals surface area contributed by atoms with Gasteiger partial charge in [-0.25, -0.2) is 13.6 Å². The first-order valence-electron chi connectivity index (χ1n) is 5.45. The summed E-state index contributed by atoms with van der Waals surface area (Å²) in [5, 5.41) is 9.60. The van der Waals surface area contributed by atoms with E-state index in [9.17, 15) is 22.0 Å². The fourth-order valence-corrected chi connectivity index (χ4v) is 1.22. The number of halogens is 5. The van der Waals surface area contributed by atoms with Crippen LogP contribution in [0.3, 0.4) is 0 Å². The quantitative estimate of drug-likeness (QED) is 0.841. The van der Waals surface area contributed by atoms with E-state index in [-0.39, 0.29) is 13.0 Å². The zero-order valence-corrected chi connectivity index (χ0v) is 10.5. The predicted octanol–water partition coefficient (Wildman–Crippen LogP) is 2.72. The maximum Gasteiger partial charge on any atom is 0.490 e. The molecule has 0 unspecified atom stereocenters. The highest BCUT2D eigenvalue weighted by molar-refractivity contribution is 5.73. The third kappa shape index (κ3) is 8.41. The number of carbonyl (C=O) groups is 1. The Morgan fingerprint density at radius 2 is 1.60 bits per heavy atom. The summed E-state index contributed by atoms with van der Waals surface area (Å²) in [7, 11) is 1.53. The lowest BCUT2D eigenvalue weighted by atomic mass is 10.1. The molecule has 0 aliphatic heterocycles. The molecule has 0 spiro atoms. The van der Waals surface area contributed by atoms with Gasteiger partial charge >= 0.3 is 12.1 Å². The average molecular weight is 299 g/mol. The molecule has 0 bridgehead atoms. The predicted molar refractivity (Wildman–Crippen MR) is 62.7 cm³/mol. The zero-order valence-electron chi connectivity index (χ0n) is 10.5. The number of carboxylic acid groups (broad SMARTS) is 1. The summed E-state index contributed by atoms with van der Waals surface area (Å²) >= 11 is 0. The molecule has 0 radical (unpaired) electrons. The van der Waals surface area contributed by atoms with Crippen LogP contribution in [0.15, 0.2) is 30.3 Å². The minimum absolute atomic E-state index is 0.200. The molecule has 3 nitrogen and oxygen atoms in total. The molecule has 0 atom stereocenters. The van der Waals surface area contributed by atoms with Crippen molar-refractivity contribution in [2.75, 3.05) is 13.6 Å². The molecular formula is C12H14F5NO2. The van der Waals surface area contributed by atoms with Crippen LogP contribution in [0.25, 0.3) is 0 Å². The van der Waals surface area contributed by atoms with Crippen LogP contribution in [-0.4, -0.2) is 36.8 Å². The second kappa shape index (κ2) is 7.78. The van der Waals surface area contributed by atoms with Gasteiger partial charge in [0.05, 0.1) is 6.54 Å². The van der Waals surface area contributed by atoms with Gasteiger partial charge in [-0.15, -0.1) is 0 Å². The molecule has 0 amide bonds. The first kappa shape index (κ1) is 18.3. The van der Waals surface area contributed by atoms with Crippen LogP contribution in [0.4, 0.5) is 22.0 Å². The molecule has 0 heterocycles. The lowest BCUT2D eigenvalue weighted by molar-refractivity contribution is -0.192. The number of benzene rings is 1. The highest BCUT2D eigenvalue weighted by Gasteiger charge is 2.38. The van der Waals surface area contributed by atoms with E-state index in [1.54, 1.807) is 24.3 Å². The Bertz CT molecular complexity index is 406. The lowest BCUT2D eigenvalue weighted by Crippen LogP contribution is -2.32. The normalized spacial score (nSPS) is 11.5. The molecule has 0 saturated carbocycles. The van der Waals surface area contributed by atoms with E-state index in [1.807, 2.05) is 6.07 Å². The van der Waals surface area contributed by atoms with Crippen LogP contribution >= 0.6 is 0 Å². The van der Waals surface area contributed by atoms with Gasteiger partial charge in [0.25, 0.3) is 5.92 Å². The summed E-state index contributed by atoms with van der Waals surface area (Å²) in [4.78, 5) is 8.90. The van der Waals surface area contributed by atoms with Gasteiger partial charge in [0.1, 0.15) is 0 Å². The minimum Gasteiger partial charge on any atom is -0.475 e. The summed E-state index contributed by atoms with van der Waals surface area (Å²) in [6.07, 6.45) is -5.28. The number of carboxylic acids is 1. The molecule has 1 rings (SSSR count). The first-order chi connectivity index (χ1) is 9.08. The third-order valence-corrected chi connectivity index (χ3v) is 1.98. The van der Waals surface area contributed by atoms with Gasteiger partial charge in [0, 0.05) is 6.42 Å². The largest absolute Gasteiger partial charge is 0.490 e. The fourth-order valence-electron chi connectivity index (χ4n) is 1.22. The third-order valence-electron chi connectivity index (χ3n) is 1.98. The molecule has 20 heavy (non-hydrogen) atoms. The molecule has 1 aromatic carbocycles. The second-order valence-corrected chi connectivity index (χ2v) is 3.85. The van der Waals surface area contributed by atoms with Crippen molar-refractivity contribution < 1.29 is 31.9 Å². The van der Waals surface area contributed by atoms with Crippen molar-refractivity contribution in [1.82, 2.24) is 5.32 Å². The van der Waals surface area contributed by atoms with E-state index >= 15 is 0 Å². The van der Waals surface area contributed by atoms with E-state index in [4.69, 9.17) is 9.90 Å². The number of hydrogen-bond acceptors (Lipinski definition) is 2. The van der Waals surface area contributed by atoms with E-state index < -0.39 is 18.1 Å². The van der Waals surface area contributed by atoms with E-state index in [1.165, 1.54) is 7.05 Å². The minimum atomic E-state index is -5.08. The zero-order chi connectivity index (χ0) is 15.8. The molecule has 0 aliphatic carbocycles. The fraction of sp³-hybridized carbons (Fsp3) is 0.417. The molecule has 2 N–H and O–H groups in total. The molecule has 1 aromatic rings. The Balaban J connectivity index is 0.000000441. The van der Waals surface area contributed by atoms with Crippen molar-refractivity contribution in [3.8, 4) is 0 Å². The standard InChI is InChI=1S/C10H13F2N.C2HF3O2/c1-13-8-10(11,12)7-9-5-3-2-4-6-9;3-2(4,5)1(6)7/h2-6,13H,7-8H2,1H3;(H,6,7). The molecule has 0 fully saturated rings. The van der Waals surface area contributed by atoms with Crippen LogP contribution < -0.4 is 5.32 Å². The van der Waals surface area contributed by atoms with Crippen molar-refractivity contribution in [2.45, 2.75) is 18.5 Å².